The SMILES string of the molecule is CNc1nc(N(c2ccn[nH]2)C2CC2)nc(N2CCCC2(C)C(=O)Nc2ccc(F)nc2)n1. The number of aromatic amines is 1. The van der Waals surface area contributed by atoms with Gasteiger partial charge in [0, 0.05) is 25.7 Å². The van der Waals surface area contributed by atoms with Gasteiger partial charge in [-0.15, -0.1) is 0 Å². The van der Waals surface area contributed by atoms with Gasteiger partial charge in [-0.25, -0.2) is 4.98 Å². The number of rotatable bonds is 7. The van der Waals surface area contributed by atoms with Crippen molar-refractivity contribution in [2.24, 2.45) is 0 Å². The van der Waals surface area contributed by atoms with Crippen LogP contribution in [0, 0.1) is 5.95 Å². The van der Waals surface area contributed by atoms with Crippen LogP contribution < -0.4 is 20.4 Å². The van der Waals surface area contributed by atoms with Gasteiger partial charge in [-0.1, -0.05) is 0 Å². The molecule has 33 heavy (non-hydrogen) atoms. The van der Waals surface area contributed by atoms with Gasteiger partial charge in [-0.3, -0.25) is 14.8 Å². The molecule has 1 amide bonds. The van der Waals surface area contributed by atoms with Crippen molar-refractivity contribution in [1.29, 1.82) is 0 Å². The predicted octanol–water partition coefficient (Wildman–Crippen LogP) is 2.47. The molecule has 5 rings (SSSR count). The van der Waals surface area contributed by atoms with Gasteiger partial charge in [0.15, 0.2) is 0 Å². The van der Waals surface area contributed by atoms with Crippen molar-refractivity contribution in [3.63, 3.8) is 0 Å². The van der Waals surface area contributed by atoms with E-state index >= 15 is 0 Å². The van der Waals surface area contributed by atoms with Crippen molar-refractivity contribution < 1.29 is 9.18 Å². The second-order valence-corrected chi connectivity index (χ2v) is 8.40. The highest BCUT2D eigenvalue weighted by Gasteiger charge is 2.45. The summed E-state index contributed by atoms with van der Waals surface area (Å²) in [6.07, 6.45) is 6.48. The Balaban J connectivity index is 1.47. The van der Waals surface area contributed by atoms with Crippen molar-refractivity contribution in [3.8, 4) is 0 Å². The molecule has 3 aromatic rings. The fraction of sp³-hybridized carbons (Fsp3) is 0.429. The lowest BCUT2D eigenvalue weighted by Gasteiger charge is -2.34. The molecule has 2 fully saturated rings. The van der Waals surface area contributed by atoms with E-state index < -0.39 is 11.5 Å². The molecule has 1 saturated carbocycles. The third-order valence-corrected chi connectivity index (χ3v) is 6.07. The third-order valence-electron chi connectivity index (χ3n) is 6.07. The summed E-state index contributed by atoms with van der Waals surface area (Å²) in [5, 5.41) is 12.9. The van der Waals surface area contributed by atoms with Crippen molar-refractivity contribution in [2.75, 3.05) is 34.0 Å². The Morgan fingerprint density at radius 2 is 2.12 bits per heavy atom. The number of carbonyl (C=O) groups excluding carboxylic acids is 1. The fourth-order valence-corrected chi connectivity index (χ4v) is 4.11. The minimum absolute atomic E-state index is 0.228. The maximum atomic E-state index is 13.3. The van der Waals surface area contributed by atoms with Crippen LogP contribution in [0.4, 0.5) is 33.7 Å². The molecule has 2 aliphatic rings. The van der Waals surface area contributed by atoms with Gasteiger partial charge in [0.2, 0.25) is 29.7 Å². The summed E-state index contributed by atoms with van der Waals surface area (Å²) in [4.78, 5) is 34.8. The van der Waals surface area contributed by atoms with Crippen LogP contribution >= 0.6 is 0 Å². The van der Waals surface area contributed by atoms with E-state index in [0.717, 1.165) is 25.1 Å². The van der Waals surface area contributed by atoms with Crippen LogP contribution in [0.2, 0.25) is 0 Å². The minimum atomic E-state index is -0.892. The summed E-state index contributed by atoms with van der Waals surface area (Å²) < 4.78 is 13.2. The number of amides is 1. The maximum Gasteiger partial charge on any atom is 0.250 e. The molecule has 3 N–H and O–H groups in total. The van der Waals surface area contributed by atoms with Gasteiger partial charge in [-0.05, 0) is 44.7 Å². The van der Waals surface area contributed by atoms with E-state index in [0.29, 0.717) is 36.5 Å². The van der Waals surface area contributed by atoms with Crippen LogP contribution in [-0.4, -0.2) is 61.2 Å². The molecule has 0 aromatic carbocycles. The first-order chi connectivity index (χ1) is 16.0. The average molecular weight is 452 g/mol. The number of carbonyl (C=O) groups is 1. The molecular formula is C21H25FN10O. The normalized spacial score (nSPS) is 20.0. The molecule has 3 aromatic heterocycles. The van der Waals surface area contributed by atoms with E-state index in [1.165, 1.54) is 18.3 Å². The molecule has 0 bridgehead atoms. The lowest BCUT2D eigenvalue weighted by atomic mass is 9.97. The number of anilines is 5. The summed E-state index contributed by atoms with van der Waals surface area (Å²) >= 11 is 0. The highest BCUT2D eigenvalue weighted by molar-refractivity contribution is 6.00. The fourth-order valence-electron chi connectivity index (χ4n) is 4.11. The van der Waals surface area contributed by atoms with Gasteiger partial charge in [0.25, 0.3) is 0 Å². The van der Waals surface area contributed by atoms with E-state index in [2.05, 4.69) is 35.8 Å². The average Bonchev–Trinajstić information content (AvgIpc) is 3.33. The summed E-state index contributed by atoms with van der Waals surface area (Å²) in [5.74, 6) is 1.31. The first-order valence-electron chi connectivity index (χ1n) is 10.9. The van der Waals surface area contributed by atoms with Crippen LogP contribution in [-0.2, 0) is 4.79 Å². The van der Waals surface area contributed by atoms with E-state index in [9.17, 15) is 9.18 Å². The molecule has 0 spiro atoms. The van der Waals surface area contributed by atoms with Crippen LogP contribution in [0.1, 0.15) is 32.6 Å². The molecule has 172 valence electrons. The number of halogens is 1. The summed E-state index contributed by atoms with van der Waals surface area (Å²) in [6.45, 7) is 2.48. The number of nitrogens with zero attached hydrogens (tertiary/aromatic N) is 7. The Labute approximate surface area is 189 Å². The Hall–Kier alpha value is -3.83. The summed E-state index contributed by atoms with van der Waals surface area (Å²) in [6, 6.07) is 4.86. The maximum absolute atomic E-state index is 13.3. The molecule has 1 saturated heterocycles. The molecule has 0 radical (unpaired) electrons. The number of hydrogen-bond acceptors (Lipinski definition) is 9. The Morgan fingerprint density at radius 1 is 1.27 bits per heavy atom. The van der Waals surface area contributed by atoms with E-state index in [-0.39, 0.29) is 11.9 Å². The Bertz CT molecular complexity index is 1130. The number of aromatic nitrogens is 6. The summed E-state index contributed by atoms with van der Waals surface area (Å²) in [7, 11) is 1.75. The molecule has 1 aliphatic carbocycles. The number of pyridine rings is 1. The number of hydrogen-bond donors (Lipinski definition) is 3. The lowest BCUT2D eigenvalue weighted by molar-refractivity contribution is -0.120. The molecule has 4 heterocycles. The molecule has 11 nitrogen and oxygen atoms in total. The van der Waals surface area contributed by atoms with Crippen LogP contribution in [0.5, 0.6) is 0 Å². The van der Waals surface area contributed by atoms with Crippen molar-refractivity contribution in [1.82, 2.24) is 30.1 Å². The minimum Gasteiger partial charge on any atom is -0.357 e. The second-order valence-electron chi connectivity index (χ2n) is 8.40. The molecule has 1 atom stereocenters. The van der Waals surface area contributed by atoms with Crippen molar-refractivity contribution >= 4 is 35.3 Å². The standard InChI is InChI=1S/C21H25FN10O/c1-21(17(33)26-13-4-7-15(22)24-12-13)9-3-11-31(21)19-27-18(23-2)28-20(29-19)32(14-5-6-14)16-8-10-25-30-16/h4,7-8,10,12,14H,3,5-6,9,11H2,1-2H3,(H,25,30)(H,26,33)(H,23,27,28,29). The Morgan fingerprint density at radius 3 is 2.79 bits per heavy atom. The molecule has 12 heteroatoms. The van der Waals surface area contributed by atoms with Gasteiger partial charge in [0.05, 0.1) is 18.1 Å². The second kappa shape index (κ2) is 8.26. The summed E-state index contributed by atoms with van der Waals surface area (Å²) in [5.41, 5.74) is -0.461. The van der Waals surface area contributed by atoms with E-state index in [1.54, 1.807) is 13.2 Å². The van der Waals surface area contributed by atoms with Crippen LogP contribution in [0.25, 0.3) is 0 Å². The number of H-pyrrole nitrogens is 1. The van der Waals surface area contributed by atoms with Gasteiger partial charge in [0.1, 0.15) is 11.4 Å². The highest BCUT2D eigenvalue weighted by Crippen LogP contribution is 2.38. The highest BCUT2D eigenvalue weighted by atomic mass is 19.1. The van der Waals surface area contributed by atoms with Gasteiger partial charge in [-0.2, -0.15) is 24.4 Å². The monoisotopic (exact) mass is 452 g/mol. The van der Waals surface area contributed by atoms with Crippen LogP contribution in [0.15, 0.2) is 30.6 Å². The van der Waals surface area contributed by atoms with Crippen molar-refractivity contribution in [2.45, 2.75) is 44.2 Å². The van der Waals surface area contributed by atoms with Crippen LogP contribution in [0.3, 0.4) is 0 Å². The van der Waals surface area contributed by atoms with Gasteiger partial charge >= 0.3 is 0 Å². The third kappa shape index (κ3) is 4.03. The predicted molar refractivity (Wildman–Crippen MR) is 121 cm³/mol. The quantitative estimate of drug-likeness (QED) is 0.463. The first kappa shape index (κ1) is 21.0. The number of nitrogens with one attached hydrogen (secondary N) is 3. The van der Waals surface area contributed by atoms with Crippen molar-refractivity contribution in [3.05, 3.63) is 36.5 Å². The molecular weight excluding hydrogens is 427 g/mol. The van der Waals surface area contributed by atoms with E-state index in [1.807, 2.05) is 22.8 Å². The zero-order chi connectivity index (χ0) is 23.0. The molecule has 1 unspecified atom stereocenters. The smallest absolute Gasteiger partial charge is 0.250 e. The first-order valence-corrected chi connectivity index (χ1v) is 10.9. The zero-order valence-electron chi connectivity index (χ0n) is 18.4. The zero-order valence-corrected chi connectivity index (χ0v) is 18.4. The lowest BCUT2D eigenvalue weighted by Crippen LogP contribution is -2.51. The molecule has 1 aliphatic heterocycles. The largest absolute Gasteiger partial charge is 0.357 e. The van der Waals surface area contributed by atoms with Gasteiger partial charge < -0.3 is 15.5 Å². The topological polar surface area (TPSA) is 128 Å². The Kier molecular flexibility index (Phi) is 5.27. The van der Waals surface area contributed by atoms with E-state index in [4.69, 9.17) is 4.98 Å².